The van der Waals surface area contributed by atoms with Crippen LogP contribution in [0.15, 0.2) is 121 Å². The number of allylic oxidation sites excluding steroid dienone is 2. The lowest BCUT2D eigenvalue weighted by atomic mass is 10.1. The van der Waals surface area contributed by atoms with Crippen LogP contribution in [0.25, 0.3) is 46.0 Å². The molecule has 0 bridgehead atoms. The fourth-order valence-electron chi connectivity index (χ4n) is 5.29. The van der Waals surface area contributed by atoms with E-state index < -0.39 is 0 Å². The molecule has 1 aliphatic rings. The van der Waals surface area contributed by atoms with Gasteiger partial charge < -0.3 is 0 Å². The van der Waals surface area contributed by atoms with E-state index in [0.29, 0.717) is 22.9 Å². The molecule has 0 N–H and O–H groups in total. The molecule has 0 saturated heterocycles. The molecule has 1 saturated carbocycles. The molecule has 4 aromatic carbocycles. The summed E-state index contributed by atoms with van der Waals surface area (Å²) in [6.45, 7) is 0. The SMILES string of the molecule is O=C1C(=Cc2ccc(-n3nncc3-c3ccc(Cl)cc3)cc2)CCC1=Cc1ccc(-n2nncc2-c2ccc(Cl)cc2)cc1. The maximum absolute atomic E-state index is 13.3. The van der Waals surface area contributed by atoms with E-state index in [1.54, 1.807) is 21.8 Å². The van der Waals surface area contributed by atoms with Crippen LogP contribution in [-0.2, 0) is 4.79 Å². The smallest absolute Gasteiger partial charge is 0.185 e. The lowest BCUT2D eigenvalue weighted by Crippen LogP contribution is -2.00. The number of aromatic nitrogens is 6. The summed E-state index contributed by atoms with van der Waals surface area (Å²) in [7, 11) is 0. The monoisotopic (exact) mass is 614 g/mol. The van der Waals surface area contributed by atoms with Crippen LogP contribution in [0, 0.1) is 0 Å². The number of nitrogens with zero attached hydrogens (tertiary/aromatic N) is 6. The summed E-state index contributed by atoms with van der Waals surface area (Å²) in [6.07, 6.45) is 8.81. The highest BCUT2D eigenvalue weighted by atomic mass is 35.5. The predicted molar refractivity (Wildman–Crippen MR) is 174 cm³/mol. The fourth-order valence-corrected chi connectivity index (χ4v) is 5.54. The van der Waals surface area contributed by atoms with Crippen molar-refractivity contribution in [2.45, 2.75) is 12.8 Å². The van der Waals surface area contributed by atoms with Crippen molar-refractivity contribution in [1.82, 2.24) is 30.0 Å². The van der Waals surface area contributed by atoms with Crippen molar-refractivity contribution in [3.05, 3.63) is 142 Å². The zero-order chi connectivity index (χ0) is 30.0. The van der Waals surface area contributed by atoms with Crippen molar-refractivity contribution in [2.75, 3.05) is 0 Å². The van der Waals surface area contributed by atoms with Gasteiger partial charge in [0.25, 0.3) is 0 Å². The van der Waals surface area contributed by atoms with Crippen LogP contribution in [-0.4, -0.2) is 35.8 Å². The average Bonchev–Trinajstić information content (AvgIpc) is 3.81. The number of carbonyl (C=O) groups excluding carboxylic acids is 1. The molecule has 2 heterocycles. The third-order valence-corrected chi connectivity index (χ3v) is 8.09. The van der Waals surface area contributed by atoms with Gasteiger partial charge in [0.15, 0.2) is 5.78 Å². The van der Waals surface area contributed by atoms with Gasteiger partial charge in [-0.25, -0.2) is 9.36 Å². The van der Waals surface area contributed by atoms with Crippen molar-refractivity contribution >= 4 is 41.1 Å². The number of benzene rings is 4. The minimum absolute atomic E-state index is 0.0840. The highest BCUT2D eigenvalue weighted by molar-refractivity contribution is 6.31. The highest BCUT2D eigenvalue weighted by Crippen LogP contribution is 2.31. The maximum Gasteiger partial charge on any atom is 0.185 e. The molecule has 0 spiro atoms. The Morgan fingerprint density at radius 1 is 0.545 bits per heavy atom. The number of Topliss-reactive ketones (excluding diaryl/α,β-unsaturated/α-hetero) is 1. The van der Waals surface area contributed by atoms with E-state index in [-0.39, 0.29) is 5.78 Å². The van der Waals surface area contributed by atoms with Gasteiger partial charge in [0, 0.05) is 32.3 Å². The summed E-state index contributed by atoms with van der Waals surface area (Å²) in [6, 6.07) is 31.0. The summed E-state index contributed by atoms with van der Waals surface area (Å²) in [5.74, 6) is 0.0840. The Kier molecular flexibility index (Phi) is 7.48. The summed E-state index contributed by atoms with van der Waals surface area (Å²) < 4.78 is 3.57. The normalized spacial score (nSPS) is 15.0. The van der Waals surface area contributed by atoms with Gasteiger partial charge in [-0.2, -0.15) is 0 Å². The van der Waals surface area contributed by atoms with Gasteiger partial charge in [0.1, 0.15) is 0 Å². The first-order chi connectivity index (χ1) is 21.5. The zero-order valence-electron chi connectivity index (χ0n) is 23.3. The van der Waals surface area contributed by atoms with E-state index in [9.17, 15) is 4.79 Å². The van der Waals surface area contributed by atoms with E-state index in [1.165, 1.54) is 0 Å². The standard InChI is InChI=1S/C35H24Cl2N6O/c36-29-11-7-25(8-12-29)33-21-38-40-42(33)31-15-1-23(2-16-31)19-27-5-6-28(35(27)44)20-24-3-17-32(18-4-24)43-34(22-39-41-43)26-9-13-30(37)14-10-26/h1-4,7-22H,5-6H2. The van der Waals surface area contributed by atoms with Crippen LogP contribution in [0.3, 0.4) is 0 Å². The molecule has 1 aliphatic carbocycles. The molecular formula is C35H24Cl2N6O. The molecular weight excluding hydrogens is 591 g/mol. The summed E-state index contributed by atoms with van der Waals surface area (Å²) in [4.78, 5) is 13.3. The van der Waals surface area contributed by atoms with Gasteiger partial charge in [-0.05, 0) is 84.7 Å². The van der Waals surface area contributed by atoms with Crippen molar-refractivity contribution in [3.63, 3.8) is 0 Å². The third kappa shape index (κ3) is 5.63. The number of carbonyl (C=O) groups is 1. The van der Waals surface area contributed by atoms with Crippen LogP contribution in [0.5, 0.6) is 0 Å². The third-order valence-electron chi connectivity index (χ3n) is 7.58. The largest absolute Gasteiger partial charge is 0.289 e. The Morgan fingerprint density at radius 3 is 1.32 bits per heavy atom. The van der Waals surface area contributed by atoms with Crippen LogP contribution in [0.4, 0.5) is 0 Å². The Morgan fingerprint density at radius 2 is 0.932 bits per heavy atom. The molecule has 0 unspecified atom stereocenters. The maximum atomic E-state index is 13.3. The van der Waals surface area contributed by atoms with E-state index in [1.807, 2.05) is 109 Å². The van der Waals surface area contributed by atoms with Crippen LogP contribution < -0.4 is 0 Å². The number of hydrogen-bond donors (Lipinski definition) is 0. The number of rotatable bonds is 6. The molecule has 7 nitrogen and oxygen atoms in total. The number of hydrogen-bond acceptors (Lipinski definition) is 5. The minimum atomic E-state index is 0.0840. The van der Waals surface area contributed by atoms with E-state index in [0.717, 1.165) is 56.2 Å². The van der Waals surface area contributed by atoms with Crippen LogP contribution in [0.1, 0.15) is 24.0 Å². The molecule has 2 aromatic heterocycles. The van der Waals surface area contributed by atoms with Crippen molar-refractivity contribution in [3.8, 4) is 33.9 Å². The highest BCUT2D eigenvalue weighted by Gasteiger charge is 2.23. The first kappa shape index (κ1) is 27.7. The Balaban J connectivity index is 1.06. The Labute approximate surface area is 263 Å². The van der Waals surface area contributed by atoms with E-state index in [4.69, 9.17) is 23.2 Å². The summed E-state index contributed by atoms with van der Waals surface area (Å²) in [5.41, 5.74) is 8.95. The molecule has 0 aliphatic heterocycles. The molecule has 44 heavy (non-hydrogen) atoms. The second-order valence-electron chi connectivity index (χ2n) is 10.4. The van der Waals surface area contributed by atoms with Crippen molar-refractivity contribution in [2.24, 2.45) is 0 Å². The van der Waals surface area contributed by atoms with Gasteiger partial charge in [0.05, 0.1) is 35.2 Å². The molecule has 1 fully saturated rings. The number of halogens is 2. The second-order valence-corrected chi connectivity index (χ2v) is 11.3. The molecule has 0 atom stereocenters. The van der Waals surface area contributed by atoms with Crippen LogP contribution in [0.2, 0.25) is 10.0 Å². The number of ketones is 1. The van der Waals surface area contributed by atoms with E-state index >= 15 is 0 Å². The first-order valence-corrected chi connectivity index (χ1v) is 14.8. The minimum Gasteiger partial charge on any atom is -0.289 e. The molecule has 214 valence electrons. The Bertz CT molecular complexity index is 1870. The van der Waals surface area contributed by atoms with Crippen molar-refractivity contribution in [1.29, 1.82) is 0 Å². The van der Waals surface area contributed by atoms with Gasteiger partial charge >= 0.3 is 0 Å². The van der Waals surface area contributed by atoms with Gasteiger partial charge in [-0.1, -0.05) is 82.2 Å². The fraction of sp³-hybridized carbons (Fsp3) is 0.0571. The lowest BCUT2D eigenvalue weighted by Gasteiger charge is -2.07. The predicted octanol–water partition coefficient (Wildman–Crippen LogP) is 8.32. The average molecular weight is 616 g/mol. The summed E-state index contributed by atoms with van der Waals surface area (Å²) in [5, 5.41) is 18.1. The lowest BCUT2D eigenvalue weighted by molar-refractivity contribution is -0.111. The molecule has 0 radical (unpaired) electrons. The molecule has 9 heteroatoms. The van der Waals surface area contributed by atoms with E-state index in [2.05, 4.69) is 20.6 Å². The molecule has 7 rings (SSSR count). The summed E-state index contributed by atoms with van der Waals surface area (Å²) >= 11 is 12.1. The topological polar surface area (TPSA) is 78.5 Å². The zero-order valence-corrected chi connectivity index (χ0v) is 24.8. The Hall–Kier alpha value is -5.11. The van der Waals surface area contributed by atoms with Gasteiger partial charge in [-0.3, -0.25) is 4.79 Å². The van der Waals surface area contributed by atoms with Crippen LogP contribution >= 0.6 is 23.2 Å². The molecule has 6 aromatic rings. The second kappa shape index (κ2) is 11.9. The molecule has 0 amide bonds. The van der Waals surface area contributed by atoms with Gasteiger partial charge in [0.2, 0.25) is 0 Å². The quantitative estimate of drug-likeness (QED) is 0.176. The van der Waals surface area contributed by atoms with Gasteiger partial charge in [-0.15, -0.1) is 10.2 Å². The first-order valence-electron chi connectivity index (χ1n) is 14.0. The van der Waals surface area contributed by atoms with Crippen molar-refractivity contribution < 1.29 is 4.79 Å².